The van der Waals surface area contributed by atoms with Gasteiger partial charge in [0.05, 0.1) is 5.52 Å². The van der Waals surface area contributed by atoms with Crippen LogP contribution in [0.2, 0.25) is 0 Å². The van der Waals surface area contributed by atoms with Gasteiger partial charge in [0.25, 0.3) is 0 Å². The Balaban J connectivity index is 1.97. The van der Waals surface area contributed by atoms with E-state index >= 15 is 0 Å². The Morgan fingerprint density at radius 2 is 1.84 bits per heavy atom. The van der Waals surface area contributed by atoms with E-state index in [0.717, 1.165) is 16.5 Å². The molecular formula is C19H24N2O4. The minimum Gasteiger partial charge on any atom is -0.456 e. The van der Waals surface area contributed by atoms with Crippen molar-refractivity contribution in [2.75, 3.05) is 0 Å². The van der Waals surface area contributed by atoms with Crippen LogP contribution in [-0.4, -0.2) is 28.7 Å². The molecular weight excluding hydrogens is 320 g/mol. The van der Waals surface area contributed by atoms with Crippen molar-refractivity contribution < 1.29 is 19.1 Å². The van der Waals surface area contributed by atoms with Crippen LogP contribution in [0.1, 0.15) is 46.3 Å². The van der Waals surface area contributed by atoms with Gasteiger partial charge in [0.1, 0.15) is 17.7 Å². The van der Waals surface area contributed by atoms with E-state index in [1.807, 2.05) is 30.3 Å². The van der Waals surface area contributed by atoms with Gasteiger partial charge in [-0.3, -0.25) is 4.98 Å². The molecule has 1 aromatic heterocycles. The van der Waals surface area contributed by atoms with Gasteiger partial charge in [-0.1, -0.05) is 18.2 Å². The predicted molar refractivity (Wildman–Crippen MR) is 95.1 cm³/mol. The molecule has 1 N–H and O–H groups in total. The average Bonchev–Trinajstić information content (AvgIpc) is 2.52. The van der Waals surface area contributed by atoms with Crippen LogP contribution in [0.3, 0.4) is 0 Å². The number of benzene rings is 1. The van der Waals surface area contributed by atoms with E-state index in [4.69, 9.17) is 9.47 Å². The Labute approximate surface area is 147 Å². The number of alkyl carbamates (subject to hydrolysis) is 1. The van der Waals surface area contributed by atoms with E-state index in [2.05, 4.69) is 10.3 Å². The first-order valence-electron chi connectivity index (χ1n) is 8.20. The molecule has 134 valence electrons. The number of carbonyl (C=O) groups excluding carboxylic acids is 2. The zero-order valence-electron chi connectivity index (χ0n) is 15.2. The molecule has 2 unspecified atom stereocenters. The third-order valence-corrected chi connectivity index (χ3v) is 3.46. The quantitative estimate of drug-likeness (QED) is 0.855. The van der Waals surface area contributed by atoms with E-state index < -0.39 is 29.8 Å². The molecule has 6 heteroatoms. The Kier molecular flexibility index (Phi) is 5.62. The van der Waals surface area contributed by atoms with Crippen LogP contribution in [0.4, 0.5) is 4.79 Å². The normalized spacial score (nSPS) is 13.8. The van der Waals surface area contributed by atoms with Crippen LogP contribution in [0.15, 0.2) is 36.5 Å². The summed E-state index contributed by atoms with van der Waals surface area (Å²) in [6, 6.07) is 8.84. The second kappa shape index (κ2) is 7.51. The Morgan fingerprint density at radius 3 is 2.52 bits per heavy atom. The molecule has 0 radical (unpaired) electrons. The summed E-state index contributed by atoms with van der Waals surface area (Å²) in [6.07, 6.45) is 0.552. The fourth-order valence-corrected chi connectivity index (χ4v) is 2.20. The number of esters is 1. The van der Waals surface area contributed by atoms with Crippen LogP contribution in [-0.2, 0) is 14.3 Å². The Bertz CT molecular complexity index is 767. The molecule has 0 saturated carbocycles. The zero-order chi connectivity index (χ0) is 18.6. The number of aromatic nitrogens is 1. The molecule has 0 aliphatic carbocycles. The van der Waals surface area contributed by atoms with Gasteiger partial charge in [-0.05, 0) is 46.8 Å². The fourth-order valence-electron chi connectivity index (χ4n) is 2.20. The smallest absolute Gasteiger partial charge is 0.408 e. The SMILES string of the molecule is CC(NC(=O)OC(C)(C)C)C(=O)OC(C)c1cnc2ccccc2c1. The number of carbonyl (C=O) groups is 2. The highest BCUT2D eigenvalue weighted by atomic mass is 16.6. The summed E-state index contributed by atoms with van der Waals surface area (Å²) in [5, 5.41) is 3.45. The van der Waals surface area contributed by atoms with Crippen LogP contribution >= 0.6 is 0 Å². The summed E-state index contributed by atoms with van der Waals surface area (Å²) in [7, 11) is 0. The van der Waals surface area contributed by atoms with Gasteiger partial charge in [0.15, 0.2) is 0 Å². The van der Waals surface area contributed by atoms with Crippen molar-refractivity contribution in [2.45, 2.75) is 52.4 Å². The van der Waals surface area contributed by atoms with Crippen LogP contribution < -0.4 is 5.32 Å². The fraction of sp³-hybridized carbons (Fsp3) is 0.421. The lowest BCUT2D eigenvalue weighted by molar-refractivity contribution is -0.150. The summed E-state index contributed by atoms with van der Waals surface area (Å²) in [4.78, 5) is 28.3. The van der Waals surface area contributed by atoms with Gasteiger partial charge >= 0.3 is 12.1 Å². The molecule has 0 bridgehead atoms. The summed E-state index contributed by atoms with van der Waals surface area (Å²) in [5.74, 6) is -0.536. The van der Waals surface area contributed by atoms with Gasteiger partial charge < -0.3 is 14.8 Å². The molecule has 6 nitrogen and oxygen atoms in total. The predicted octanol–water partition coefficient (Wildman–Crippen LogP) is 3.75. The number of hydrogen-bond acceptors (Lipinski definition) is 5. The maximum absolute atomic E-state index is 12.2. The molecule has 2 rings (SSSR count). The number of pyridine rings is 1. The van der Waals surface area contributed by atoms with E-state index in [9.17, 15) is 9.59 Å². The van der Waals surface area contributed by atoms with Crippen molar-refractivity contribution in [2.24, 2.45) is 0 Å². The van der Waals surface area contributed by atoms with E-state index in [1.165, 1.54) is 0 Å². The molecule has 25 heavy (non-hydrogen) atoms. The lowest BCUT2D eigenvalue weighted by atomic mass is 10.1. The van der Waals surface area contributed by atoms with E-state index in [0.29, 0.717) is 0 Å². The highest BCUT2D eigenvalue weighted by Crippen LogP contribution is 2.21. The summed E-state index contributed by atoms with van der Waals surface area (Å²) in [6.45, 7) is 8.58. The molecule has 1 amide bonds. The summed E-state index contributed by atoms with van der Waals surface area (Å²) in [5.41, 5.74) is 1.04. The molecule has 1 aromatic carbocycles. The van der Waals surface area contributed by atoms with Crippen molar-refractivity contribution in [3.8, 4) is 0 Å². The van der Waals surface area contributed by atoms with Gasteiger partial charge in [-0.15, -0.1) is 0 Å². The first-order valence-corrected chi connectivity index (χ1v) is 8.20. The van der Waals surface area contributed by atoms with Gasteiger partial charge in [0.2, 0.25) is 0 Å². The minimum atomic E-state index is -0.814. The Hall–Kier alpha value is -2.63. The number of nitrogens with zero attached hydrogens (tertiary/aromatic N) is 1. The van der Waals surface area contributed by atoms with Crippen LogP contribution in [0.5, 0.6) is 0 Å². The van der Waals surface area contributed by atoms with E-state index in [-0.39, 0.29) is 0 Å². The lowest BCUT2D eigenvalue weighted by Crippen LogP contribution is -2.42. The number of hydrogen-bond donors (Lipinski definition) is 1. The minimum absolute atomic E-state index is 0.479. The van der Waals surface area contributed by atoms with E-state index in [1.54, 1.807) is 40.8 Å². The number of fused-ring (bicyclic) bond motifs is 1. The first kappa shape index (κ1) is 18.7. The molecule has 2 aromatic rings. The van der Waals surface area contributed by atoms with Crippen LogP contribution in [0, 0.1) is 0 Å². The number of ether oxygens (including phenoxy) is 2. The second-order valence-corrected chi connectivity index (χ2v) is 6.91. The molecule has 0 aliphatic rings. The maximum Gasteiger partial charge on any atom is 0.408 e. The molecule has 0 aliphatic heterocycles. The number of amides is 1. The molecule has 1 heterocycles. The molecule has 0 spiro atoms. The average molecular weight is 344 g/mol. The summed E-state index contributed by atoms with van der Waals surface area (Å²) < 4.78 is 10.6. The van der Waals surface area contributed by atoms with Gasteiger partial charge in [0, 0.05) is 17.1 Å². The standard InChI is InChI=1S/C19H24N2O4/c1-12(21-18(23)25-19(3,4)5)17(22)24-13(2)15-10-14-8-6-7-9-16(14)20-11-15/h6-13H,1-5H3,(H,21,23). The molecule has 0 saturated heterocycles. The third-order valence-electron chi connectivity index (χ3n) is 3.46. The highest BCUT2D eigenvalue weighted by molar-refractivity contribution is 5.81. The Morgan fingerprint density at radius 1 is 1.16 bits per heavy atom. The monoisotopic (exact) mass is 344 g/mol. The summed E-state index contributed by atoms with van der Waals surface area (Å²) >= 11 is 0. The molecule has 0 fully saturated rings. The zero-order valence-corrected chi connectivity index (χ0v) is 15.2. The van der Waals surface area contributed by atoms with Crippen molar-refractivity contribution in [3.63, 3.8) is 0 Å². The number of nitrogens with one attached hydrogen (secondary N) is 1. The van der Waals surface area contributed by atoms with Crippen molar-refractivity contribution >= 4 is 23.0 Å². The number of rotatable bonds is 4. The highest BCUT2D eigenvalue weighted by Gasteiger charge is 2.23. The largest absolute Gasteiger partial charge is 0.456 e. The first-order chi connectivity index (χ1) is 11.7. The van der Waals surface area contributed by atoms with Crippen molar-refractivity contribution in [1.29, 1.82) is 0 Å². The third kappa shape index (κ3) is 5.45. The van der Waals surface area contributed by atoms with Crippen LogP contribution in [0.25, 0.3) is 10.9 Å². The topological polar surface area (TPSA) is 77.5 Å². The van der Waals surface area contributed by atoms with Crippen molar-refractivity contribution in [3.05, 3.63) is 42.1 Å². The van der Waals surface area contributed by atoms with Crippen molar-refractivity contribution in [1.82, 2.24) is 10.3 Å². The maximum atomic E-state index is 12.2. The van der Waals surface area contributed by atoms with Gasteiger partial charge in [-0.25, -0.2) is 9.59 Å². The van der Waals surface area contributed by atoms with Gasteiger partial charge in [-0.2, -0.15) is 0 Å². The molecule has 2 atom stereocenters. The second-order valence-electron chi connectivity index (χ2n) is 6.91. The number of para-hydroxylation sites is 1. The lowest BCUT2D eigenvalue weighted by Gasteiger charge is -2.22.